The average molecular weight is 439 g/mol. The second-order valence-corrected chi connectivity index (χ2v) is 8.32. The van der Waals surface area contributed by atoms with Gasteiger partial charge in [-0.15, -0.1) is 10.2 Å². The van der Waals surface area contributed by atoms with Gasteiger partial charge in [0.05, 0.1) is 25.7 Å². The van der Waals surface area contributed by atoms with Gasteiger partial charge in [-0.05, 0) is 49.2 Å². The van der Waals surface area contributed by atoms with E-state index in [0.29, 0.717) is 22.8 Å². The lowest BCUT2D eigenvalue weighted by Gasteiger charge is -2.14. The second kappa shape index (κ2) is 9.87. The molecule has 7 nitrogen and oxygen atoms in total. The molecule has 0 bridgehead atoms. The number of aromatic nitrogens is 3. The van der Waals surface area contributed by atoms with E-state index in [4.69, 9.17) is 9.47 Å². The van der Waals surface area contributed by atoms with Crippen molar-refractivity contribution in [2.45, 2.75) is 36.9 Å². The van der Waals surface area contributed by atoms with Crippen molar-refractivity contribution >= 4 is 17.7 Å². The van der Waals surface area contributed by atoms with E-state index in [1.807, 2.05) is 53.1 Å². The molecule has 0 saturated heterocycles. The molecule has 3 aromatic rings. The minimum Gasteiger partial charge on any atom is -0.497 e. The van der Waals surface area contributed by atoms with E-state index in [1.54, 1.807) is 14.2 Å². The van der Waals surface area contributed by atoms with E-state index in [-0.39, 0.29) is 11.7 Å². The first-order valence-corrected chi connectivity index (χ1v) is 11.3. The number of rotatable bonds is 8. The van der Waals surface area contributed by atoms with Crippen LogP contribution in [-0.2, 0) is 4.79 Å². The number of ether oxygens (including phenoxy) is 2. The fraction of sp³-hybridized carbons (Fsp3) is 0.348. The van der Waals surface area contributed by atoms with Crippen LogP contribution in [0.4, 0.5) is 0 Å². The summed E-state index contributed by atoms with van der Waals surface area (Å²) in [4.78, 5) is 12.5. The third-order valence-electron chi connectivity index (χ3n) is 5.36. The third-order valence-corrected chi connectivity index (χ3v) is 6.29. The van der Waals surface area contributed by atoms with Crippen LogP contribution >= 0.6 is 11.8 Å². The Morgan fingerprint density at radius 1 is 1.06 bits per heavy atom. The normalized spacial score (nSPS) is 13.9. The van der Waals surface area contributed by atoms with E-state index >= 15 is 0 Å². The maximum absolute atomic E-state index is 12.5. The topological polar surface area (TPSA) is 78.3 Å². The van der Waals surface area contributed by atoms with Crippen molar-refractivity contribution in [3.8, 4) is 28.6 Å². The Hall–Kier alpha value is -3.00. The summed E-state index contributed by atoms with van der Waals surface area (Å²) in [5.74, 6) is 2.45. The van der Waals surface area contributed by atoms with Gasteiger partial charge < -0.3 is 14.8 Å². The van der Waals surface area contributed by atoms with Gasteiger partial charge in [0.15, 0.2) is 11.0 Å². The molecular weight excluding hydrogens is 412 g/mol. The highest BCUT2D eigenvalue weighted by molar-refractivity contribution is 7.99. The van der Waals surface area contributed by atoms with Crippen LogP contribution in [0, 0.1) is 0 Å². The number of hydrogen-bond donors (Lipinski definition) is 1. The molecule has 0 spiro atoms. The first-order valence-electron chi connectivity index (χ1n) is 10.3. The molecule has 1 aromatic heterocycles. The predicted octanol–water partition coefficient (Wildman–Crippen LogP) is 4.10. The lowest BCUT2D eigenvalue weighted by atomic mass is 10.2. The second-order valence-electron chi connectivity index (χ2n) is 7.38. The molecule has 4 rings (SSSR count). The van der Waals surface area contributed by atoms with Crippen molar-refractivity contribution in [3.63, 3.8) is 0 Å². The van der Waals surface area contributed by atoms with Crippen molar-refractivity contribution in [1.82, 2.24) is 20.1 Å². The molecule has 8 heteroatoms. The van der Waals surface area contributed by atoms with Crippen LogP contribution in [0.5, 0.6) is 11.5 Å². The van der Waals surface area contributed by atoms with Crippen LogP contribution in [0.1, 0.15) is 25.7 Å². The lowest BCUT2D eigenvalue weighted by molar-refractivity contribution is -0.119. The van der Waals surface area contributed by atoms with Crippen LogP contribution in [0.3, 0.4) is 0 Å². The van der Waals surface area contributed by atoms with E-state index in [2.05, 4.69) is 15.5 Å². The largest absolute Gasteiger partial charge is 0.497 e. The SMILES string of the molecule is COc1ccc(-c2nnc(SCC(=O)NC3CCCC3)n2-c2ccccc2OC)cc1. The number of nitrogens with zero attached hydrogens (tertiary/aromatic N) is 3. The van der Waals surface area contributed by atoms with Gasteiger partial charge in [0.25, 0.3) is 0 Å². The molecule has 1 amide bonds. The number of hydrogen-bond acceptors (Lipinski definition) is 6. The highest BCUT2D eigenvalue weighted by Gasteiger charge is 2.21. The van der Waals surface area contributed by atoms with Gasteiger partial charge in [-0.1, -0.05) is 36.7 Å². The van der Waals surface area contributed by atoms with Crippen molar-refractivity contribution in [3.05, 3.63) is 48.5 Å². The van der Waals surface area contributed by atoms with Gasteiger partial charge >= 0.3 is 0 Å². The fourth-order valence-corrected chi connectivity index (χ4v) is 4.55. The number of methoxy groups -OCH3 is 2. The summed E-state index contributed by atoms with van der Waals surface area (Å²) in [6, 6.07) is 15.7. The number of nitrogens with one attached hydrogen (secondary N) is 1. The Balaban J connectivity index is 1.64. The Morgan fingerprint density at radius 2 is 1.81 bits per heavy atom. The Bertz CT molecular complexity index is 1030. The highest BCUT2D eigenvalue weighted by atomic mass is 32.2. The number of carbonyl (C=O) groups excluding carboxylic acids is 1. The summed E-state index contributed by atoms with van der Waals surface area (Å²) in [7, 11) is 3.27. The number of para-hydroxylation sites is 2. The van der Waals surface area contributed by atoms with Crippen LogP contribution < -0.4 is 14.8 Å². The first kappa shape index (κ1) is 21.2. The van der Waals surface area contributed by atoms with Gasteiger partial charge in [-0.2, -0.15) is 0 Å². The smallest absolute Gasteiger partial charge is 0.230 e. The molecule has 1 aliphatic rings. The molecule has 1 aliphatic carbocycles. The molecule has 0 atom stereocenters. The Labute approximate surface area is 186 Å². The molecule has 1 N–H and O–H groups in total. The zero-order chi connectivity index (χ0) is 21.6. The van der Waals surface area contributed by atoms with E-state index in [9.17, 15) is 4.79 Å². The number of amides is 1. The van der Waals surface area contributed by atoms with Crippen molar-refractivity contribution in [1.29, 1.82) is 0 Å². The third kappa shape index (κ3) is 4.85. The van der Waals surface area contributed by atoms with E-state index in [1.165, 1.54) is 24.6 Å². The fourth-order valence-electron chi connectivity index (χ4n) is 3.79. The van der Waals surface area contributed by atoms with Gasteiger partial charge in [0, 0.05) is 11.6 Å². The zero-order valence-electron chi connectivity index (χ0n) is 17.7. The van der Waals surface area contributed by atoms with Gasteiger partial charge in [-0.25, -0.2) is 0 Å². The van der Waals surface area contributed by atoms with Gasteiger partial charge in [0.2, 0.25) is 5.91 Å². The molecule has 1 saturated carbocycles. The van der Waals surface area contributed by atoms with Crippen molar-refractivity contribution in [2.75, 3.05) is 20.0 Å². The maximum atomic E-state index is 12.5. The average Bonchev–Trinajstić information content (AvgIpc) is 3.47. The Kier molecular flexibility index (Phi) is 6.76. The Morgan fingerprint density at radius 3 is 2.52 bits per heavy atom. The quantitative estimate of drug-likeness (QED) is 0.534. The monoisotopic (exact) mass is 438 g/mol. The van der Waals surface area contributed by atoms with Crippen LogP contribution in [0.25, 0.3) is 17.1 Å². The van der Waals surface area contributed by atoms with Crippen LogP contribution in [0.15, 0.2) is 53.7 Å². The summed E-state index contributed by atoms with van der Waals surface area (Å²) in [5, 5.41) is 12.6. The molecule has 162 valence electrons. The maximum Gasteiger partial charge on any atom is 0.230 e. The molecule has 1 fully saturated rings. The van der Waals surface area contributed by atoms with Crippen molar-refractivity contribution in [2.24, 2.45) is 0 Å². The summed E-state index contributed by atoms with van der Waals surface area (Å²) in [6.07, 6.45) is 4.50. The molecule has 0 aliphatic heterocycles. The summed E-state index contributed by atoms with van der Waals surface area (Å²) >= 11 is 1.37. The summed E-state index contributed by atoms with van der Waals surface area (Å²) in [6.45, 7) is 0. The summed E-state index contributed by atoms with van der Waals surface area (Å²) in [5.41, 5.74) is 1.71. The van der Waals surface area contributed by atoms with Crippen molar-refractivity contribution < 1.29 is 14.3 Å². The molecule has 2 aromatic carbocycles. The van der Waals surface area contributed by atoms with E-state index in [0.717, 1.165) is 29.8 Å². The van der Waals surface area contributed by atoms with Crippen LogP contribution in [0.2, 0.25) is 0 Å². The molecule has 0 radical (unpaired) electrons. The molecule has 1 heterocycles. The van der Waals surface area contributed by atoms with Gasteiger partial charge in [0.1, 0.15) is 11.5 Å². The summed E-state index contributed by atoms with van der Waals surface area (Å²) < 4.78 is 12.8. The van der Waals surface area contributed by atoms with Crippen LogP contribution in [-0.4, -0.2) is 46.7 Å². The minimum atomic E-state index is 0.0254. The zero-order valence-corrected chi connectivity index (χ0v) is 18.5. The predicted molar refractivity (Wildman–Crippen MR) is 121 cm³/mol. The number of carbonyl (C=O) groups is 1. The van der Waals surface area contributed by atoms with E-state index < -0.39 is 0 Å². The minimum absolute atomic E-state index is 0.0254. The number of thioether (sulfide) groups is 1. The highest BCUT2D eigenvalue weighted by Crippen LogP contribution is 2.33. The first-order chi connectivity index (χ1) is 15.2. The molecular formula is C23H26N4O3S. The van der Waals surface area contributed by atoms with Gasteiger partial charge in [-0.3, -0.25) is 9.36 Å². The molecule has 0 unspecified atom stereocenters. The molecule has 31 heavy (non-hydrogen) atoms. The lowest BCUT2D eigenvalue weighted by Crippen LogP contribution is -2.33. The number of benzene rings is 2. The standard InChI is InChI=1S/C23H26N4O3S/c1-29-18-13-11-16(12-14-18)22-25-26-23(27(22)19-9-5-6-10-20(19)30-2)31-15-21(28)24-17-7-3-4-8-17/h5-6,9-14,17H,3-4,7-8,15H2,1-2H3,(H,24,28).